The molecular formula is C13H16BrNO4S. The number of carboxylic acid groups (broad SMARTS) is 1. The van der Waals surface area contributed by atoms with Gasteiger partial charge in [-0.2, -0.15) is 0 Å². The quantitative estimate of drug-likeness (QED) is 0.858. The summed E-state index contributed by atoms with van der Waals surface area (Å²) < 4.78 is 1.02. The zero-order chi connectivity index (χ0) is 14.8. The Morgan fingerprint density at radius 2 is 2.05 bits per heavy atom. The van der Waals surface area contributed by atoms with Gasteiger partial charge in [-0.05, 0) is 28.4 Å². The second-order valence-corrected chi connectivity index (χ2v) is 6.86. The van der Waals surface area contributed by atoms with E-state index < -0.39 is 11.6 Å². The van der Waals surface area contributed by atoms with E-state index in [0.29, 0.717) is 25.9 Å². The number of carbonyl (C=O) groups is 2. The fourth-order valence-corrected chi connectivity index (χ4v) is 3.67. The van der Waals surface area contributed by atoms with Crippen LogP contribution in [0.5, 0.6) is 0 Å². The second kappa shape index (κ2) is 6.24. The fraction of sp³-hybridized carbons (Fsp3) is 0.538. The van der Waals surface area contributed by atoms with E-state index in [2.05, 4.69) is 15.9 Å². The zero-order valence-electron chi connectivity index (χ0n) is 10.8. The third-order valence-electron chi connectivity index (χ3n) is 3.55. The molecule has 0 radical (unpaired) electrons. The normalized spacial score (nSPS) is 18.0. The van der Waals surface area contributed by atoms with Gasteiger partial charge in [0, 0.05) is 47.1 Å². The first kappa shape index (κ1) is 15.5. The van der Waals surface area contributed by atoms with Gasteiger partial charge in [0.15, 0.2) is 5.60 Å². The number of piperidine rings is 1. The maximum Gasteiger partial charge on any atom is 0.335 e. The Morgan fingerprint density at radius 3 is 2.55 bits per heavy atom. The molecule has 1 saturated heterocycles. The number of carboxylic acids is 1. The summed E-state index contributed by atoms with van der Waals surface area (Å²) in [6.07, 6.45) is 1.30. The molecule has 0 spiro atoms. The Morgan fingerprint density at radius 1 is 1.40 bits per heavy atom. The molecule has 1 aromatic heterocycles. The van der Waals surface area contributed by atoms with Crippen LogP contribution in [0.15, 0.2) is 15.9 Å². The van der Waals surface area contributed by atoms with E-state index in [0.717, 1.165) is 9.35 Å². The average molecular weight is 362 g/mol. The van der Waals surface area contributed by atoms with Gasteiger partial charge in [0.25, 0.3) is 0 Å². The number of aliphatic hydroxyl groups is 1. The van der Waals surface area contributed by atoms with E-state index in [1.807, 2.05) is 11.4 Å². The molecule has 0 atom stereocenters. The number of likely N-dealkylation sites (tertiary alicyclic amines) is 1. The largest absolute Gasteiger partial charge is 0.479 e. The second-order valence-electron chi connectivity index (χ2n) is 4.95. The van der Waals surface area contributed by atoms with E-state index in [4.69, 9.17) is 5.11 Å². The molecule has 2 rings (SSSR count). The molecule has 0 saturated carbocycles. The Bertz CT molecular complexity index is 508. The van der Waals surface area contributed by atoms with Crippen LogP contribution in [0.2, 0.25) is 0 Å². The molecule has 0 aromatic carbocycles. The van der Waals surface area contributed by atoms with Crippen LogP contribution >= 0.6 is 27.3 Å². The Kier molecular flexibility index (Phi) is 4.82. The number of halogens is 1. The Balaban J connectivity index is 1.81. The minimum atomic E-state index is -1.67. The van der Waals surface area contributed by atoms with Crippen molar-refractivity contribution in [2.45, 2.75) is 31.3 Å². The number of aliphatic carboxylic acids is 1. The third kappa shape index (κ3) is 3.59. The smallest absolute Gasteiger partial charge is 0.335 e. The molecule has 2 heterocycles. The standard InChI is InChI=1S/C13H16BrNO4S/c14-9-7-10(20-8-9)1-2-11(16)15-5-3-13(19,4-6-15)12(17)18/h7-8,19H,1-6H2,(H,17,18). The zero-order valence-corrected chi connectivity index (χ0v) is 13.2. The van der Waals surface area contributed by atoms with Crippen molar-refractivity contribution in [2.24, 2.45) is 0 Å². The van der Waals surface area contributed by atoms with Crippen molar-refractivity contribution >= 4 is 39.1 Å². The van der Waals surface area contributed by atoms with Gasteiger partial charge in [-0.3, -0.25) is 4.79 Å². The van der Waals surface area contributed by atoms with Crippen LogP contribution < -0.4 is 0 Å². The lowest BCUT2D eigenvalue weighted by Gasteiger charge is -2.35. The highest BCUT2D eigenvalue weighted by molar-refractivity contribution is 9.10. The topological polar surface area (TPSA) is 77.8 Å². The van der Waals surface area contributed by atoms with E-state index in [9.17, 15) is 14.7 Å². The number of carbonyl (C=O) groups excluding carboxylic acids is 1. The maximum absolute atomic E-state index is 12.0. The van der Waals surface area contributed by atoms with Crippen molar-refractivity contribution in [1.82, 2.24) is 4.90 Å². The van der Waals surface area contributed by atoms with Gasteiger partial charge in [0.1, 0.15) is 0 Å². The first-order valence-corrected chi connectivity index (χ1v) is 8.04. The maximum atomic E-state index is 12.0. The third-order valence-corrected chi connectivity index (χ3v) is 5.31. The Hall–Kier alpha value is -0.920. The summed E-state index contributed by atoms with van der Waals surface area (Å²) in [5, 5.41) is 20.7. The van der Waals surface area contributed by atoms with Crippen LogP contribution in [-0.2, 0) is 16.0 Å². The van der Waals surface area contributed by atoms with E-state index in [1.54, 1.807) is 16.2 Å². The summed E-state index contributed by atoms with van der Waals surface area (Å²) in [6.45, 7) is 0.603. The van der Waals surface area contributed by atoms with Gasteiger partial charge in [-0.25, -0.2) is 4.79 Å². The molecule has 0 unspecified atom stereocenters. The van der Waals surface area contributed by atoms with E-state index in [-0.39, 0.29) is 18.7 Å². The lowest BCUT2D eigenvalue weighted by Crippen LogP contribution is -2.50. The van der Waals surface area contributed by atoms with Crippen molar-refractivity contribution in [3.05, 3.63) is 20.8 Å². The minimum Gasteiger partial charge on any atom is -0.479 e. The molecule has 2 N–H and O–H groups in total. The lowest BCUT2D eigenvalue weighted by molar-refractivity contribution is -0.165. The molecule has 1 amide bonds. The number of hydrogen-bond acceptors (Lipinski definition) is 4. The molecule has 20 heavy (non-hydrogen) atoms. The molecule has 1 fully saturated rings. The van der Waals surface area contributed by atoms with Crippen molar-refractivity contribution < 1.29 is 19.8 Å². The van der Waals surface area contributed by atoms with Crippen LogP contribution in [0.1, 0.15) is 24.1 Å². The van der Waals surface area contributed by atoms with Crippen molar-refractivity contribution in [3.8, 4) is 0 Å². The average Bonchev–Trinajstić information content (AvgIpc) is 2.82. The molecule has 110 valence electrons. The summed E-state index contributed by atoms with van der Waals surface area (Å²) in [5.74, 6) is -1.19. The number of hydrogen-bond donors (Lipinski definition) is 2. The molecule has 0 aliphatic carbocycles. The fourth-order valence-electron chi connectivity index (χ4n) is 2.21. The molecular weight excluding hydrogens is 346 g/mol. The first-order valence-electron chi connectivity index (χ1n) is 6.37. The number of nitrogens with zero attached hydrogens (tertiary/aromatic N) is 1. The lowest BCUT2D eigenvalue weighted by atomic mass is 9.91. The summed E-state index contributed by atoms with van der Waals surface area (Å²) in [6, 6.07) is 2.00. The molecule has 7 heteroatoms. The summed E-state index contributed by atoms with van der Waals surface area (Å²) >= 11 is 4.98. The number of aryl methyl sites for hydroxylation is 1. The van der Waals surface area contributed by atoms with Crippen molar-refractivity contribution in [3.63, 3.8) is 0 Å². The summed E-state index contributed by atoms with van der Waals surface area (Å²) in [5.41, 5.74) is -1.67. The van der Waals surface area contributed by atoms with Gasteiger partial charge < -0.3 is 15.1 Å². The highest BCUT2D eigenvalue weighted by Gasteiger charge is 2.40. The highest BCUT2D eigenvalue weighted by atomic mass is 79.9. The van der Waals surface area contributed by atoms with Crippen LogP contribution in [0.3, 0.4) is 0 Å². The summed E-state index contributed by atoms with van der Waals surface area (Å²) in [4.78, 5) is 25.7. The van der Waals surface area contributed by atoms with E-state index >= 15 is 0 Å². The predicted octanol–water partition coefficient (Wildman–Crippen LogP) is 1.88. The van der Waals surface area contributed by atoms with Gasteiger partial charge in [0.2, 0.25) is 5.91 Å². The number of amides is 1. The van der Waals surface area contributed by atoms with Crippen molar-refractivity contribution in [2.75, 3.05) is 13.1 Å². The van der Waals surface area contributed by atoms with Crippen LogP contribution in [0, 0.1) is 0 Å². The van der Waals surface area contributed by atoms with Gasteiger partial charge >= 0.3 is 5.97 Å². The molecule has 1 aliphatic rings. The predicted molar refractivity (Wildman–Crippen MR) is 78.7 cm³/mol. The minimum absolute atomic E-state index is 0.0157. The SMILES string of the molecule is O=C(CCc1cc(Br)cs1)N1CCC(O)(C(=O)O)CC1. The van der Waals surface area contributed by atoms with Crippen molar-refractivity contribution in [1.29, 1.82) is 0 Å². The van der Waals surface area contributed by atoms with Crippen LogP contribution in [0.25, 0.3) is 0 Å². The Labute approximate surface area is 129 Å². The van der Waals surface area contributed by atoms with Crippen LogP contribution in [0.4, 0.5) is 0 Å². The number of thiophene rings is 1. The monoisotopic (exact) mass is 361 g/mol. The molecule has 5 nitrogen and oxygen atoms in total. The van der Waals surface area contributed by atoms with Gasteiger partial charge in [-0.1, -0.05) is 0 Å². The van der Waals surface area contributed by atoms with Crippen LogP contribution in [-0.4, -0.2) is 45.7 Å². The molecule has 1 aliphatic heterocycles. The first-order chi connectivity index (χ1) is 9.40. The van der Waals surface area contributed by atoms with Gasteiger partial charge in [0.05, 0.1) is 0 Å². The molecule has 0 bridgehead atoms. The highest BCUT2D eigenvalue weighted by Crippen LogP contribution is 2.24. The molecule has 1 aromatic rings. The number of rotatable bonds is 4. The van der Waals surface area contributed by atoms with E-state index in [1.165, 1.54) is 0 Å². The summed E-state index contributed by atoms with van der Waals surface area (Å²) in [7, 11) is 0. The van der Waals surface area contributed by atoms with Gasteiger partial charge in [-0.15, -0.1) is 11.3 Å².